The average molecular weight is 278 g/mol. The van der Waals surface area contributed by atoms with Gasteiger partial charge in [0.1, 0.15) is 11.4 Å². The Balaban J connectivity index is 2.00. The third kappa shape index (κ3) is 2.19. The van der Waals surface area contributed by atoms with Gasteiger partial charge in [0.25, 0.3) is 0 Å². The summed E-state index contributed by atoms with van der Waals surface area (Å²) in [6.07, 6.45) is 2.59. The van der Waals surface area contributed by atoms with E-state index >= 15 is 0 Å². The Morgan fingerprint density at radius 1 is 1.47 bits per heavy atom. The first-order valence-corrected chi connectivity index (χ1v) is 6.35. The van der Waals surface area contributed by atoms with Crippen LogP contribution in [-0.4, -0.2) is 22.2 Å². The molecule has 98 valence electrons. The number of carboxylic acids is 1. The van der Waals surface area contributed by atoms with Gasteiger partial charge in [-0.05, 0) is 29.8 Å². The summed E-state index contributed by atoms with van der Waals surface area (Å²) in [5.41, 5.74) is 2.26. The molecule has 0 saturated heterocycles. The second kappa shape index (κ2) is 4.63. The Morgan fingerprint density at radius 3 is 3.11 bits per heavy atom. The van der Waals surface area contributed by atoms with Crippen LogP contribution in [0.15, 0.2) is 30.5 Å². The van der Waals surface area contributed by atoms with Crippen molar-refractivity contribution in [2.24, 2.45) is 0 Å². The Morgan fingerprint density at radius 2 is 2.32 bits per heavy atom. The summed E-state index contributed by atoms with van der Waals surface area (Å²) < 4.78 is 7.29. The van der Waals surface area contributed by atoms with Gasteiger partial charge in [-0.15, -0.1) is 0 Å². The molecule has 1 aromatic carbocycles. The Bertz CT molecular complexity index is 648. The van der Waals surface area contributed by atoms with E-state index in [9.17, 15) is 4.79 Å². The number of nitrogens with zero attached hydrogens (tertiary/aromatic N) is 1. The largest absolute Gasteiger partial charge is 0.493 e. The number of hydrogen-bond donors (Lipinski definition) is 1. The lowest BCUT2D eigenvalue weighted by Gasteiger charge is -2.11. The molecule has 0 radical (unpaired) electrons. The van der Waals surface area contributed by atoms with E-state index in [-0.39, 0.29) is 5.69 Å². The van der Waals surface area contributed by atoms with E-state index in [0.717, 1.165) is 23.3 Å². The van der Waals surface area contributed by atoms with Gasteiger partial charge in [-0.1, -0.05) is 11.6 Å². The smallest absolute Gasteiger partial charge is 0.352 e. The lowest BCUT2D eigenvalue weighted by atomic mass is 10.1. The number of fused-ring (bicyclic) bond motifs is 1. The minimum absolute atomic E-state index is 0.256. The summed E-state index contributed by atoms with van der Waals surface area (Å²) >= 11 is 6.09. The molecule has 0 amide bonds. The minimum Gasteiger partial charge on any atom is -0.493 e. The lowest BCUT2D eigenvalue weighted by molar-refractivity contribution is 0.0685. The monoisotopic (exact) mass is 277 g/mol. The van der Waals surface area contributed by atoms with Crippen molar-refractivity contribution in [3.8, 4) is 5.75 Å². The van der Waals surface area contributed by atoms with Crippen LogP contribution in [0.3, 0.4) is 0 Å². The Labute approximate surface area is 115 Å². The van der Waals surface area contributed by atoms with Crippen LogP contribution in [-0.2, 0) is 13.0 Å². The molecule has 1 N–H and O–H groups in total. The van der Waals surface area contributed by atoms with Gasteiger partial charge >= 0.3 is 5.97 Å². The summed E-state index contributed by atoms with van der Waals surface area (Å²) in [7, 11) is 0. The predicted molar refractivity (Wildman–Crippen MR) is 71.1 cm³/mol. The maximum Gasteiger partial charge on any atom is 0.352 e. The lowest BCUT2D eigenvalue weighted by Crippen LogP contribution is -2.09. The first-order chi connectivity index (χ1) is 9.15. The van der Waals surface area contributed by atoms with E-state index in [1.54, 1.807) is 22.9 Å². The van der Waals surface area contributed by atoms with E-state index in [2.05, 4.69) is 0 Å². The molecule has 1 aliphatic heterocycles. The van der Waals surface area contributed by atoms with Crippen molar-refractivity contribution >= 4 is 17.6 Å². The molecule has 0 atom stereocenters. The van der Waals surface area contributed by atoms with Gasteiger partial charge in [0.2, 0.25) is 0 Å². The van der Waals surface area contributed by atoms with E-state index in [4.69, 9.17) is 21.4 Å². The number of aromatic carboxylic acids is 1. The fraction of sp³-hybridized carbons (Fsp3) is 0.214. The van der Waals surface area contributed by atoms with Crippen LogP contribution in [0.4, 0.5) is 0 Å². The van der Waals surface area contributed by atoms with Gasteiger partial charge in [0.05, 0.1) is 13.2 Å². The predicted octanol–water partition coefficient (Wildman–Crippen LogP) is 2.82. The summed E-state index contributed by atoms with van der Waals surface area (Å²) in [5.74, 6) is -0.0981. The van der Waals surface area contributed by atoms with Crippen LogP contribution in [0.2, 0.25) is 5.02 Å². The number of carboxylic acid groups (broad SMARTS) is 1. The highest BCUT2D eigenvalue weighted by atomic mass is 35.5. The fourth-order valence-electron chi connectivity index (χ4n) is 2.39. The molecule has 0 aliphatic carbocycles. The third-order valence-corrected chi connectivity index (χ3v) is 3.43. The SMILES string of the molecule is O=C(O)c1cccn1Cc1cc(Cl)cc2c1OCC2. The molecule has 19 heavy (non-hydrogen) atoms. The van der Waals surface area contributed by atoms with Crippen LogP contribution in [0.5, 0.6) is 5.75 Å². The molecule has 0 spiro atoms. The van der Waals surface area contributed by atoms with Crippen LogP contribution in [0.25, 0.3) is 0 Å². The van der Waals surface area contributed by atoms with Crippen LogP contribution in [0, 0.1) is 0 Å². The second-order valence-electron chi connectivity index (χ2n) is 4.48. The number of rotatable bonds is 3. The van der Waals surface area contributed by atoms with Crippen molar-refractivity contribution < 1.29 is 14.6 Å². The molecule has 1 aromatic heterocycles. The molecule has 2 heterocycles. The average Bonchev–Trinajstić information content (AvgIpc) is 2.96. The normalized spacial score (nSPS) is 13.1. The van der Waals surface area contributed by atoms with Crippen molar-refractivity contribution in [1.82, 2.24) is 4.57 Å². The van der Waals surface area contributed by atoms with Gasteiger partial charge in [0, 0.05) is 23.2 Å². The van der Waals surface area contributed by atoms with E-state index in [1.165, 1.54) is 0 Å². The number of ether oxygens (including phenoxy) is 1. The molecular weight excluding hydrogens is 266 g/mol. The summed E-state index contributed by atoms with van der Waals surface area (Å²) in [6.45, 7) is 1.09. The number of halogens is 1. The summed E-state index contributed by atoms with van der Waals surface area (Å²) in [6, 6.07) is 7.03. The summed E-state index contributed by atoms with van der Waals surface area (Å²) in [5, 5.41) is 9.76. The number of carbonyl (C=O) groups is 1. The molecule has 2 aromatic rings. The van der Waals surface area contributed by atoms with Crippen molar-refractivity contribution in [3.05, 3.63) is 52.3 Å². The molecule has 1 aliphatic rings. The minimum atomic E-state index is -0.940. The van der Waals surface area contributed by atoms with Crippen LogP contribution in [0.1, 0.15) is 21.6 Å². The number of hydrogen-bond acceptors (Lipinski definition) is 2. The Hall–Kier alpha value is -1.94. The second-order valence-corrected chi connectivity index (χ2v) is 4.91. The molecule has 0 unspecified atom stereocenters. The van der Waals surface area contributed by atoms with Gasteiger partial charge in [0.15, 0.2) is 0 Å². The molecule has 0 saturated carbocycles. The zero-order chi connectivity index (χ0) is 13.4. The van der Waals surface area contributed by atoms with Gasteiger partial charge in [-0.2, -0.15) is 0 Å². The highest BCUT2D eigenvalue weighted by Gasteiger charge is 2.19. The zero-order valence-corrected chi connectivity index (χ0v) is 10.9. The van der Waals surface area contributed by atoms with Crippen molar-refractivity contribution in [1.29, 1.82) is 0 Å². The fourth-order valence-corrected chi connectivity index (χ4v) is 2.66. The van der Waals surface area contributed by atoms with E-state index < -0.39 is 5.97 Å². The first kappa shape index (κ1) is 12.1. The quantitative estimate of drug-likeness (QED) is 0.938. The highest BCUT2D eigenvalue weighted by molar-refractivity contribution is 6.30. The molecule has 0 fully saturated rings. The first-order valence-electron chi connectivity index (χ1n) is 5.97. The van der Waals surface area contributed by atoms with Gasteiger partial charge in [-0.25, -0.2) is 4.79 Å². The highest BCUT2D eigenvalue weighted by Crippen LogP contribution is 2.33. The molecule has 4 nitrogen and oxygen atoms in total. The molecule has 5 heteroatoms. The molecule has 0 bridgehead atoms. The topological polar surface area (TPSA) is 51.5 Å². The van der Waals surface area contributed by atoms with Crippen LogP contribution < -0.4 is 4.74 Å². The Kier molecular flexibility index (Phi) is 2.95. The summed E-state index contributed by atoms with van der Waals surface area (Å²) in [4.78, 5) is 11.1. The zero-order valence-electron chi connectivity index (χ0n) is 10.1. The van der Waals surface area contributed by atoms with Gasteiger partial charge in [-0.3, -0.25) is 0 Å². The maximum absolute atomic E-state index is 11.1. The van der Waals surface area contributed by atoms with Crippen molar-refractivity contribution in [2.75, 3.05) is 6.61 Å². The van der Waals surface area contributed by atoms with Crippen molar-refractivity contribution in [2.45, 2.75) is 13.0 Å². The van der Waals surface area contributed by atoms with E-state index in [0.29, 0.717) is 18.2 Å². The van der Waals surface area contributed by atoms with Crippen molar-refractivity contribution in [3.63, 3.8) is 0 Å². The van der Waals surface area contributed by atoms with E-state index in [1.807, 2.05) is 12.1 Å². The third-order valence-electron chi connectivity index (χ3n) is 3.21. The maximum atomic E-state index is 11.1. The molecule has 3 rings (SSSR count). The van der Waals surface area contributed by atoms with Gasteiger partial charge < -0.3 is 14.4 Å². The number of benzene rings is 1. The number of aromatic nitrogens is 1. The molecular formula is C14H12ClNO3. The standard InChI is InChI=1S/C14H12ClNO3/c15-11-6-9-3-5-19-13(9)10(7-11)8-16-4-1-2-12(16)14(17)18/h1-2,4,6-7H,3,5,8H2,(H,17,18). The van der Waals surface area contributed by atoms with Crippen LogP contribution >= 0.6 is 11.6 Å².